The number of aromatic nitrogens is 2. The van der Waals surface area contributed by atoms with Crippen molar-refractivity contribution in [2.45, 2.75) is 45.7 Å². The predicted molar refractivity (Wildman–Crippen MR) is 71.9 cm³/mol. The van der Waals surface area contributed by atoms with Crippen molar-refractivity contribution in [3.05, 3.63) is 17.5 Å². The Hall–Kier alpha value is -0.870. The van der Waals surface area contributed by atoms with Crippen molar-refractivity contribution in [1.82, 2.24) is 14.7 Å². The van der Waals surface area contributed by atoms with Crippen LogP contribution in [0.4, 0.5) is 0 Å². The van der Waals surface area contributed by atoms with E-state index in [0.29, 0.717) is 12.6 Å². The van der Waals surface area contributed by atoms with Crippen LogP contribution in [0.1, 0.15) is 44.0 Å². The first-order valence-electron chi connectivity index (χ1n) is 6.43. The number of nitrogens with zero attached hydrogens (tertiary/aromatic N) is 3. The lowest BCUT2D eigenvalue weighted by atomic mass is 10.0. The summed E-state index contributed by atoms with van der Waals surface area (Å²) < 4.78 is 1.87. The Labute approximate surface area is 105 Å². The molecule has 0 amide bonds. The van der Waals surface area contributed by atoms with Crippen LogP contribution in [0.15, 0.2) is 6.20 Å². The molecule has 2 N–H and O–H groups in total. The second kappa shape index (κ2) is 6.17. The summed E-state index contributed by atoms with van der Waals surface area (Å²) in [5.74, 6) is 0. The standard InChI is InChI=1S/C13H26N4/c1-6-7-10(2)17(5)13(8-14)12-9-16(4)15-11(12)3/h9-10,13H,6-8,14H2,1-5H3. The lowest BCUT2D eigenvalue weighted by Crippen LogP contribution is -2.37. The first-order chi connectivity index (χ1) is 8.01. The number of nitrogens with two attached hydrogens (primary N) is 1. The summed E-state index contributed by atoms with van der Waals surface area (Å²) >= 11 is 0. The molecule has 1 aromatic rings. The van der Waals surface area contributed by atoms with E-state index in [2.05, 4.69) is 44.0 Å². The lowest BCUT2D eigenvalue weighted by molar-refractivity contribution is 0.179. The van der Waals surface area contributed by atoms with Crippen LogP contribution in [0.25, 0.3) is 0 Å². The predicted octanol–water partition coefficient (Wildman–Crippen LogP) is 1.85. The van der Waals surface area contributed by atoms with Gasteiger partial charge in [0.2, 0.25) is 0 Å². The van der Waals surface area contributed by atoms with Gasteiger partial charge in [0.15, 0.2) is 0 Å². The van der Waals surface area contributed by atoms with Gasteiger partial charge >= 0.3 is 0 Å². The monoisotopic (exact) mass is 238 g/mol. The molecule has 0 saturated carbocycles. The van der Waals surface area contributed by atoms with Gasteiger partial charge in [-0.25, -0.2) is 0 Å². The molecule has 17 heavy (non-hydrogen) atoms. The Kier molecular flexibility index (Phi) is 5.15. The first kappa shape index (κ1) is 14.2. The van der Waals surface area contributed by atoms with E-state index < -0.39 is 0 Å². The first-order valence-corrected chi connectivity index (χ1v) is 6.43. The highest BCUT2D eigenvalue weighted by Gasteiger charge is 2.22. The van der Waals surface area contributed by atoms with E-state index in [1.165, 1.54) is 18.4 Å². The normalized spacial score (nSPS) is 15.2. The van der Waals surface area contributed by atoms with Crippen LogP contribution in [0.2, 0.25) is 0 Å². The zero-order valence-corrected chi connectivity index (χ0v) is 11.8. The third-order valence-corrected chi connectivity index (χ3v) is 3.53. The second-order valence-electron chi connectivity index (χ2n) is 4.90. The van der Waals surface area contributed by atoms with Gasteiger partial charge in [-0.15, -0.1) is 0 Å². The summed E-state index contributed by atoms with van der Waals surface area (Å²) in [6.07, 6.45) is 4.49. The van der Waals surface area contributed by atoms with E-state index in [4.69, 9.17) is 5.73 Å². The van der Waals surface area contributed by atoms with Crippen LogP contribution in [-0.4, -0.2) is 34.3 Å². The van der Waals surface area contributed by atoms with Crippen molar-refractivity contribution < 1.29 is 0 Å². The Bertz CT molecular complexity index is 345. The molecule has 0 spiro atoms. The van der Waals surface area contributed by atoms with E-state index in [1.54, 1.807) is 0 Å². The third-order valence-electron chi connectivity index (χ3n) is 3.53. The van der Waals surface area contributed by atoms with E-state index in [9.17, 15) is 0 Å². The highest BCUT2D eigenvalue weighted by Crippen LogP contribution is 2.24. The van der Waals surface area contributed by atoms with Crippen molar-refractivity contribution in [1.29, 1.82) is 0 Å². The average Bonchev–Trinajstić information content (AvgIpc) is 2.59. The fourth-order valence-corrected chi connectivity index (χ4v) is 2.39. The van der Waals surface area contributed by atoms with Gasteiger partial charge in [-0.05, 0) is 27.3 Å². The molecule has 0 fully saturated rings. The molecule has 0 radical (unpaired) electrons. The molecule has 1 aromatic heterocycles. The highest BCUT2D eigenvalue weighted by molar-refractivity contribution is 5.20. The minimum absolute atomic E-state index is 0.269. The Morgan fingerprint density at radius 1 is 1.53 bits per heavy atom. The molecule has 2 atom stereocenters. The number of hydrogen-bond donors (Lipinski definition) is 1. The fraction of sp³-hybridized carbons (Fsp3) is 0.769. The number of rotatable bonds is 6. The summed E-state index contributed by atoms with van der Waals surface area (Å²) in [4.78, 5) is 2.37. The molecule has 4 nitrogen and oxygen atoms in total. The average molecular weight is 238 g/mol. The SMILES string of the molecule is CCCC(C)N(C)C(CN)c1cn(C)nc1C. The van der Waals surface area contributed by atoms with E-state index in [1.807, 2.05) is 11.7 Å². The molecule has 1 heterocycles. The minimum atomic E-state index is 0.269. The Morgan fingerprint density at radius 3 is 2.59 bits per heavy atom. The number of aryl methyl sites for hydroxylation is 2. The maximum atomic E-state index is 5.94. The lowest BCUT2D eigenvalue weighted by Gasteiger charge is -2.32. The summed E-state index contributed by atoms with van der Waals surface area (Å²) in [6, 6.07) is 0.818. The van der Waals surface area contributed by atoms with Gasteiger partial charge in [-0.1, -0.05) is 13.3 Å². The van der Waals surface area contributed by atoms with Gasteiger partial charge in [0.25, 0.3) is 0 Å². The van der Waals surface area contributed by atoms with Crippen LogP contribution in [-0.2, 0) is 7.05 Å². The second-order valence-corrected chi connectivity index (χ2v) is 4.90. The van der Waals surface area contributed by atoms with Crippen LogP contribution in [0.3, 0.4) is 0 Å². The Balaban J connectivity index is 2.87. The van der Waals surface area contributed by atoms with Gasteiger partial charge in [0, 0.05) is 31.4 Å². The maximum Gasteiger partial charge on any atom is 0.0641 e. The van der Waals surface area contributed by atoms with Crippen molar-refractivity contribution in [3.8, 4) is 0 Å². The van der Waals surface area contributed by atoms with Crippen LogP contribution < -0.4 is 5.73 Å². The van der Waals surface area contributed by atoms with Gasteiger partial charge in [0.05, 0.1) is 11.7 Å². The summed E-state index contributed by atoms with van der Waals surface area (Å²) in [7, 11) is 4.11. The molecule has 0 aromatic carbocycles. The maximum absolute atomic E-state index is 5.94. The largest absolute Gasteiger partial charge is 0.329 e. The van der Waals surface area contributed by atoms with Crippen LogP contribution >= 0.6 is 0 Å². The molecule has 1 rings (SSSR count). The van der Waals surface area contributed by atoms with Crippen molar-refractivity contribution in [2.75, 3.05) is 13.6 Å². The number of likely N-dealkylation sites (N-methyl/N-ethyl adjacent to an activating group) is 1. The van der Waals surface area contributed by atoms with E-state index in [-0.39, 0.29) is 6.04 Å². The summed E-state index contributed by atoms with van der Waals surface area (Å²) in [5, 5.41) is 4.40. The summed E-state index contributed by atoms with van der Waals surface area (Å²) in [5.41, 5.74) is 8.27. The zero-order chi connectivity index (χ0) is 13.0. The molecular formula is C13H26N4. The van der Waals surface area contributed by atoms with E-state index >= 15 is 0 Å². The van der Waals surface area contributed by atoms with Gasteiger partial charge < -0.3 is 5.73 Å². The van der Waals surface area contributed by atoms with Crippen molar-refractivity contribution in [2.24, 2.45) is 12.8 Å². The van der Waals surface area contributed by atoms with Crippen molar-refractivity contribution >= 4 is 0 Å². The smallest absolute Gasteiger partial charge is 0.0641 e. The third kappa shape index (κ3) is 3.30. The zero-order valence-electron chi connectivity index (χ0n) is 11.8. The summed E-state index contributed by atoms with van der Waals surface area (Å²) in [6.45, 7) is 7.17. The van der Waals surface area contributed by atoms with Crippen LogP contribution in [0, 0.1) is 6.92 Å². The van der Waals surface area contributed by atoms with Gasteiger partial charge in [-0.3, -0.25) is 9.58 Å². The minimum Gasteiger partial charge on any atom is -0.329 e. The number of hydrogen-bond acceptors (Lipinski definition) is 3. The van der Waals surface area contributed by atoms with E-state index in [0.717, 1.165) is 5.69 Å². The highest BCUT2D eigenvalue weighted by atomic mass is 15.3. The molecule has 0 aliphatic rings. The Morgan fingerprint density at radius 2 is 2.18 bits per heavy atom. The molecule has 0 saturated heterocycles. The fourth-order valence-electron chi connectivity index (χ4n) is 2.39. The van der Waals surface area contributed by atoms with Crippen molar-refractivity contribution in [3.63, 3.8) is 0 Å². The molecule has 4 heteroatoms. The van der Waals surface area contributed by atoms with Gasteiger partial charge in [-0.2, -0.15) is 5.10 Å². The molecule has 0 aliphatic heterocycles. The quantitative estimate of drug-likeness (QED) is 0.822. The van der Waals surface area contributed by atoms with Gasteiger partial charge in [0.1, 0.15) is 0 Å². The molecule has 2 unspecified atom stereocenters. The topological polar surface area (TPSA) is 47.1 Å². The molecule has 0 bridgehead atoms. The van der Waals surface area contributed by atoms with Crippen LogP contribution in [0.5, 0.6) is 0 Å². The molecule has 0 aliphatic carbocycles. The molecule has 98 valence electrons. The molecular weight excluding hydrogens is 212 g/mol.